The lowest BCUT2D eigenvalue weighted by Gasteiger charge is -2.30. The van der Waals surface area contributed by atoms with Crippen LogP contribution in [0.1, 0.15) is 6.42 Å². The molecule has 1 N–H and O–H groups in total. The molecule has 0 amide bonds. The van der Waals surface area contributed by atoms with E-state index < -0.39 is 6.35 Å². The van der Waals surface area contributed by atoms with Crippen molar-refractivity contribution in [2.75, 3.05) is 47.3 Å². The molecule has 4 nitrogen and oxygen atoms in total. The third-order valence-corrected chi connectivity index (χ3v) is 2.54. The number of hydrogen-bond acceptors (Lipinski definition) is 4. The highest BCUT2D eigenvalue weighted by atomic mass is 16.3. The van der Waals surface area contributed by atoms with Crippen molar-refractivity contribution in [3.63, 3.8) is 0 Å². The van der Waals surface area contributed by atoms with Crippen molar-refractivity contribution in [1.82, 2.24) is 14.7 Å². The van der Waals surface area contributed by atoms with E-state index in [0.717, 1.165) is 32.6 Å². The van der Waals surface area contributed by atoms with E-state index >= 15 is 0 Å². The average molecular weight is 187 g/mol. The molecule has 0 aliphatic carbocycles. The van der Waals surface area contributed by atoms with Crippen molar-refractivity contribution < 1.29 is 5.11 Å². The first-order chi connectivity index (χ1) is 6.11. The predicted molar refractivity (Wildman–Crippen MR) is 53.4 cm³/mol. The van der Waals surface area contributed by atoms with Crippen LogP contribution in [-0.4, -0.2) is 73.5 Å². The van der Waals surface area contributed by atoms with Gasteiger partial charge < -0.3 is 10.0 Å². The fourth-order valence-electron chi connectivity index (χ4n) is 1.62. The molecule has 1 heterocycles. The monoisotopic (exact) mass is 187 g/mol. The van der Waals surface area contributed by atoms with Crippen LogP contribution in [0.3, 0.4) is 0 Å². The second kappa shape index (κ2) is 4.91. The quantitative estimate of drug-likeness (QED) is 0.588. The van der Waals surface area contributed by atoms with Crippen LogP contribution in [0.25, 0.3) is 0 Å². The molecule has 1 aliphatic heterocycles. The van der Waals surface area contributed by atoms with Gasteiger partial charge in [0.15, 0.2) is 6.35 Å². The number of nitrogens with zero attached hydrogens (tertiary/aromatic N) is 3. The molecule has 0 bridgehead atoms. The molecule has 1 saturated heterocycles. The van der Waals surface area contributed by atoms with Gasteiger partial charge in [0.1, 0.15) is 0 Å². The summed E-state index contributed by atoms with van der Waals surface area (Å²) < 4.78 is 0. The van der Waals surface area contributed by atoms with E-state index in [1.54, 1.807) is 0 Å². The Balaban J connectivity index is 2.41. The van der Waals surface area contributed by atoms with Gasteiger partial charge in [0.25, 0.3) is 0 Å². The topological polar surface area (TPSA) is 30.0 Å². The molecule has 13 heavy (non-hydrogen) atoms. The second-order valence-corrected chi connectivity index (χ2v) is 4.00. The largest absolute Gasteiger partial charge is 0.365 e. The van der Waals surface area contributed by atoms with Crippen LogP contribution in [0, 0.1) is 0 Å². The van der Waals surface area contributed by atoms with Crippen LogP contribution in [0.4, 0.5) is 0 Å². The number of aliphatic hydroxyl groups excluding tert-OH is 1. The molecule has 0 aromatic carbocycles. The molecule has 78 valence electrons. The summed E-state index contributed by atoms with van der Waals surface area (Å²) in [5.41, 5.74) is 0. The first-order valence-corrected chi connectivity index (χ1v) is 4.88. The second-order valence-electron chi connectivity index (χ2n) is 4.00. The summed E-state index contributed by atoms with van der Waals surface area (Å²) in [7, 11) is 5.93. The van der Waals surface area contributed by atoms with E-state index in [9.17, 15) is 5.11 Å². The normalized spacial score (nSPS) is 24.7. The smallest absolute Gasteiger partial charge is 0.165 e. The average Bonchev–Trinajstić information content (AvgIpc) is 2.28. The molecule has 0 aromatic rings. The number of rotatable bonds is 2. The van der Waals surface area contributed by atoms with Crippen LogP contribution in [0.2, 0.25) is 0 Å². The maximum atomic E-state index is 9.80. The van der Waals surface area contributed by atoms with Gasteiger partial charge in [0.05, 0.1) is 0 Å². The number of likely N-dealkylation sites (N-methyl/N-ethyl adjacent to an activating group) is 1. The van der Waals surface area contributed by atoms with Gasteiger partial charge in [-0.15, -0.1) is 0 Å². The van der Waals surface area contributed by atoms with Crippen LogP contribution < -0.4 is 0 Å². The third kappa shape index (κ3) is 3.23. The third-order valence-electron chi connectivity index (χ3n) is 2.54. The van der Waals surface area contributed by atoms with Gasteiger partial charge >= 0.3 is 0 Å². The molecule has 1 atom stereocenters. The molecule has 1 fully saturated rings. The van der Waals surface area contributed by atoms with Gasteiger partial charge in [-0.2, -0.15) is 0 Å². The lowest BCUT2D eigenvalue weighted by Crippen LogP contribution is -2.46. The van der Waals surface area contributed by atoms with Crippen LogP contribution in [-0.2, 0) is 0 Å². The fourth-order valence-corrected chi connectivity index (χ4v) is 1.62. The zero-order chi connectivity index (χ0) is 9.84. The summed E-state index contributed by atoms with van der Waals surface area (Å²) in [6.07, 6.45) is 0.716. The van der Waals surface area contributed by atoms with Gasteiger partial charge in [0, 0.05) is 19.6 Å². The van der Waals surface area contributed by atoms with Gasteiger partial charge in [-0.3, -0.25) is 9.80 Å². The van der Waals surface area contributed by atoms with E-state index in [1.165, 1.54) is 0 Å². The summed E-state index contributed by atoms with van der Waals surface area (Å²) in [4.78, 5) is 6.26. The first-order valence-electron chi connectivity index (χ1n) is 4.88. The Bertz CT molecular complexity index is 152. The Kier molecular flexibility index (Phi) is 4.12. The van der Waals surface area contributed by atoms with E-state index in [0.29, 0.717) is 0 Å². The van der Waals surface area contributed by atoms with E-state index in [2.05, 4.69) is 16.8 Å². The minimum atomic E-state index is -0.425. The molecule has 4 heteroatoms. The Hall–Kier alpha value is -0.160. The maximum Gasteiger partial charge on any atom is 0.165 e. The Labute approximate surface area is 80.7 Å². The standard InChI is InChI=1S/C9H21N3O/c1-10(2)9(13)12-6-4-5-11(3)7-8-12/h9,13H,4-8H2,1-3H3. The Morgan fingerprint density at radius 2 is 1.85 bits per heavy atom. The molecule has 0 saturated carbocycles. The molecular weight excluding hydrogens is 166 g/mol. The SMILES string of the molecule is CN1CCCN(C(O)N(C)C)CC1. The van der Waals surface area contributed by atoms with Gasteiger partial charge in [-0.1, -0.05) is 0 Å². The van der Waals surface area contributed by atoms with E-state index in [4.69, 9.17) is 0 Å². The zero-order valence-corrected chi connectivity index (χ0v) is 8.90. The van der Waals surface area contributed by atoms with Crippen molar-refractivity contribution in [3.05, 3.63) is 0 Å². The van der Waals surface area contributed by atoms with Gasteiger partial charge in [-0.25, -0.2) is 0 Å². The fraction of sp³-hybridized carbons (Fsp3) is 1.00. The summed E-state index contributed by atoms with van der Waals surface area (Å²) in [5, 5.41) is 9.80. The molecule has 1 unspecified atom stereocenters. The van der Waals surface area contributed by atoms with Crippen LogP contribution in [0.15, 0.2) is 0 Å². The van der Waals surface area contributed by atoms with Crippen molar-refractivity contribution >= 4 is 0 Å². The minimum absolute atomic E-state index is 0.425. The lowest BCUT2D eigenvalue weighted by molar-refractivity contribution is -0.0880. The van der Waals surface area contributed by atoms with Crippen LogP contribution >= 0.6 is 0 Å². The summed E-state index contributed by atoms with van der Waals surface area (Å²) in [6.45, 7) is 4.13. The molecule has 1 rings (SSSR count). The molecular formula is C9H21N3O. The molecule has 0 spiro atoms. The van der Waals surface area contributed by atoms with Crippen molar-refractivity contribution in [2.24, 2.45) is 0 Å². The highest BCUT2D eigenvalue weighted by molar-refractivity contribution is 4.68. The molecule has 0 aromatic heterocycles. The Morgan fingerprint density at radius 1 is 1.15 bits per heavy atom. The van der Waals surface area contributed by atoms with Gasteiger partial charge in [0.2, 0.25) is 0 Å². The number of aliphatic hydroxyl groups is 1. The first kappa shape index (κ1) is 10.9. The summed E-state index contributed by atoms with van der Waals surface area (Å²) in [5.74, 6) is 0. The lowest BCUT2D eigenvalue weighted by atomic mass is 10.4. The highest BCUT2D eigenvalue weighted by Gasteiger charge is 2.19. The van der Waals surface area contributed by atoms with E-state index in [-0.39, 0.29) is 0 Å². The minimum Gasteiger partial charge on any atom is -0.365 e. The molecule has 0 radical (unpaired) electrons. The zero-order valence-electron chi connectivity index (χ0n) is 8.90. The maximum absolute atomic E-state index is 9.80. The van der Waals surface area contributed by atoms with E-state index in [1.807, 2.05) is 19.0 Å². The highest BCUT2D eigenvalue weighted by Crippen LogP contribution is 2.05. The summed E-state index contributed by atoms with van der Waals surface area (Å²) in [6, 6.07) is 0. The van der Waals surface area contributed by atoms with Crippen molar-refractivity contribution in [1.29, 1.82) is 0 Å². The number of hydrogen-bond donors (Lipinski definition) is 1. The molecule has 1 aliphatic rings. The van der Waals surface area contributed by atoms with Gasteiger partial charge in [-0.05, 0) is 34.1 Å². The Morgan fingerprint density at radius 3 is 2.46 bits per heavy atom. The van der Waals surface area contributed by atoms with Crippen molar-refractivity contribution in [3.8, 4) is 0 Å². The summed E-state index contributed by atoms with van der Waals surface area (Å²) >= 11 is 0. The predicted octanol–water partition coefficient (Wildman–Crippen LogP) is -0.539. The van der Waals surface area contributed by atoms with Crippen LogP contribution in [0.5, 0.6) is 0 Å². The van der Waals surface area contributed by atoms with Crippen molar-refractivity contribution in [2.45, 2.75) is 12.8 Å².